The van der Waals surface area contributed by atoms with Crippen LogP contribution in [0.3, 0.4) is 0 Å². The fraction of sp³-hybridized carbons (Fsp3) is 0.857. The van der Waals surface area contributed by atoms with Crippen LogP contribution < -0.4 is 0 Å². The van der Waals surface area contributed by atoms with Gasteiger partial charge in [0, 0.05) is 12.0 Å². The maximum Gasteiger partial charge on any atom is 0.333 e. The molecule has 0 N–H and O–H groups in total. The summed E-state index contributed by atoms with van der Waals surface area (Å²) in [5, 5.41) is 0. The first kappa shape index (κ1) is 20.4. The monoisotopic (exact) mass is 352 g/mol. The van der Waals surface area contributed by atoms with Crippen molar-refractivity contribution in [3.05, 3.63) is 12.2 Å². The lowest BCUT2D eigenvalue weighted by Gasteiger charge is -2.53. The Bertz CT molecular complexity index is 503. The molecule has 4 unspecified atom stereocenters. The summed E-state index contributed by atoms with van der Waals surface area (Å²) in [5.41, 5.74) is -0.141. The Morgan fingerprint density at radius 3 is 2.52 bits per heavy atom. The van der Waals surface area contributed by atoms with E-state index in [1.165, 1.54) is 6.42 Å². The minimum Gasteiger partial charge on any atom is -0.456 e. The summed E-state index contributed by atoms with van der Waals surface area (Å²) in [7, 11) is 0. The Labute approximate surface area is 153 Å². The van der Waals surface area contributed by atoms with Crippen LogP contribution in [0.5, 0.6) is 0 Å². The molecule has 0 aromatic rings. The molecule has 4 heteroatoms. The summed E-state index contributed by atoms with van der Waals surface area (Å²) in [4.78, 5) is 12.2. The third-order valence-corrected chi connectivity index (χ3v) is 5.22. The smallest absolute Gasteiger partial charge is 0.333 e. The molecule has 2 bridgehead atoms. The Morgan fingerprint density at radius 2 is 1.92 bits per heavy atom. The Kier molecular flexibility index (Phi) is 6.05. The Hall–Kier alpha value is -0.870. The van der Waals surface area contributed by atoms with E-state index < -0.39 is 5.60 Å². The van der Waals surface area contributed by atoms with Gasteiger partial charge in [-0.1, -0.05) is 34.3 Å². The lowest BCUT2D eigenvalue weighted by molar-refractivity contribution is -0.217. The van der Waals surface area contributed by atoms with Gasteiger partial charge in [-0.15, -0.1) is 0 Å². The summed E-state index contributed by atoms with van der Waals surface area (Å²) < 4.78 is 17.9. The average molecular weight is 353 g/mol. The molecule has 0 heterocycles. The summed E-state index contributed by atoms with van der Waals surface area (Å²) in [5.74, 6) is 0.822. The van der Waals surface area contributed by atoms with Crippen LogP contribution in [0.1, 0.15) is 73.6 Å². The number of ether oxygens (including phenoxy) is 3. The van der Waals surface area contributed by atoms with Crippen LogP contribution >= 0.6 is 0 Å². The van der Waals surface area contributed by atoms with Gasteiger partial charge in [0.15, 0.2) is 0 Å². The van der Waals surface area contributed by atoms with Crippen molar-refractivity contribution in [1.82, 2.24) is 0 Å². The van der Waals surface area contributed by atoms with Gasteiger partial charge in [0.2, 0.25) is 0 Å². The molecular formula is C21H36O4. The molecule has 0 radical (unpaired) electrons. The SMILES string of the molecule is C=C(C)C(=O)OC12CC(C)CC(CC(C)(OCOCC(C)(C)C)C1)C2. The molecule has 0 amide bonds. The molecule has 2 rings (SSSR count). The van der Waals surface area contributed by atoms with E-state index in [4.69, 9.17) is 14.2 Å². The van der Waals surface area contributed by atoms with Crippen molar-refractivity contribution in [2.75, 3.05) is 13.4 Å². The van der Waals surface area contributed by atoms with E-state index in [-0.39, 0.29) is 17.0 Å². The molecule has 4 nitrogen and oxygen atoms in total. The topological polar surface area (TPSA) is 44.8 Å². The fourth-order valence-electron chi connectivity index (χ4n) is 4.69. The van der Waals surface area contributed by atoms with Gasteiger partial charge in [-0.3, -0.25) is 0 Å². The van der Waals surface area contributed by atoms with E-state index in [0.29, 0.717) is 30.8 Å². The standard InChI is InChI=1S/C21H36O4/c1-15(2)18(22)25-21-9-16(3)8-17(11-21)10-20(7,12-21)24-14-23-13-19(4,5)6/h16-17H,1,8-14H2,2-7H3. The second-order valence-corrected chi connectivity index (χ2v) is 9.97. The highest BCUT2D eigenvalue weighted by Crippen LogP contribution is 2.52. The van der Waals surface area contributed by atoms with Crippen LogP contribution in [0.15, 0.2) is 12.2 Å². The molecule has 4 atom stereocenters. The molecule has 0 aromatic heterocycles. The van der Waals surface area contributed by atoms with E-state index in [0.717, 1.165) is 25.7 Å². The maximum absolute atomic E-state index is 12.2. The number of fused-ring (bicyclic) bond motifs is 2. The van der Waals surface area contributed by atoms with Gasteiger partial charge in [0.05, 0.1) is 12.2 Å². The number of carbonyl (C=O) groups is 1. The number of hydrogen-bond donors (Lipinski definition) is 0. The van der Waals surface area contributed by atoms with E-state index in [1.54, 1.807) is 6.92 Å². The summed E-state index contributed by atoms with van der Waals surface area (Å²) in [6, 6.07) is 0. The minimum atomic E-state index is -0.421. The average Bonchev–Trinajstić information content (AvgIpc) is 2.40. The Morgan fingerprint density at radius 1 is 1.24 bits per heavy atom. The quantitative estimate of drug-likeness (QED) is 0.296. The van der Waals surface area contributed by atoms with Crippen LogP contribution in [0.2, 0.25) is 0 Å². The van der Waals surface area contributed by atoms with Gasteiger partial charge < -0.3 is 14.2 Å². The van der Waals surface area contributed by atoms with Crippen molar-refractivity contribution in [3.8, 4) is 0 Å². The highest BCUT2D eigenvalue weighted by atomic mass is 16.7. The van der Waals surface area contributed by atoms with Gasteiger partial charge in [0.1, 0.15) is 12.4 Å². The number of carbonyl (C=O) groups excluding carboxylic acids is 1. The van der Waals surface area contributed by atoms with Gasteiger partial charge >= 0.3 is 5.97 Å². The van der Waals surface area contributed by atoms with Crippen molar-refractivity contribution in [1.29, 1.82) is 0 Å². The molecule has 2 saturated carbocycles. The van der Waals surface area contributed by atoms with E-state index in [1.807, 2.05) is 0 Å². The van der Waals surface area contributed by atoms with Crippen molar-refractivity contribution in [2.45, 2.75) is 84.8 Å². The lowest BCUT2D eigenvalue weighted by atomic mass is 9.61. The third-order valence-electron chi connectivity index (χ3n) is 5.22. The number of esters is 1. The molecule has 144 valence electrons. The van der Waals surface area contributed by atoms with Crippen LogP contribution in [0, 0.1) is 17.3 Å². The van der Waals surface area contributed by atoms with Crippen LogP contribution in [-0.2, 0) is 19.0 Å². The van der Waals surface area contributed by atoms with Gasteiger partial charge in [0.25, 0.3) is 0 Å². The molecule has 2 aliphatic rings. The zero-order valence-corrected chi connectivity index (χ0v) is 16.9. The zero-order valence-electron chi connectivity index (χ0n) is 16.9. The second kappa shape index (κ2) is 7.40. The molecule has 2 aliphatic carbocycles. The first-order chi connectivity index (χ1) is 11.4. The largest absolute Gasteiger partial charge is 0.456 e. The lowest BCUT2D eigenvalue weighted by Crippen LogP contribution is -2.54. The van der Waals surface area contributed by atoms with Gasteiger partial charge in [-0.2, -0.15) is 0 Å². The van der Waals surface area contributed by atoms with E-state index in [2.05, 4.69) is 41.2 Å². The van der Waals surface area contributed by atoms with E-state index in [9.17, 15) is 4.79 Å². The van der Waals surface area contributed by atoms with Gasteiger partial charge in [-0.05, 0) is 56.8 Å². The predicted molar refractivity (Wildman–Crippen MR) is 99.1 cm³/mol. The predicted octanol–water partition coefficient (Wildman–Crippen LogP) is 4.87. The molecular weight excluding hydrogens is 316 g/mol. The van der Waals surface area contributed by atoms with Crippen molar-refractivity contribution >= 4 is 5.97 Å². The van der Waals surface area contributed by atoms with Crippen LogP contribution in [0.25, 0.3) is 0 Å². The van der Waals surface area contributed by atoms with E-state index >= 15 is 0 Å². The number of hydrogen-bond acceptors (Lipinski definition) is 4. The highest BCUT2D eigenvalue weighted by molar-refractivity contribution is 5.87. The van der Waals surface area contributed by atoms with Crippen LogP contribution in [0.4, 0.5) is 0 Å². The molecule has 0 saturated heterocycles. The molecule has 0 aliphatic heterocycles. The Balaban J connectivity index is 2.03. The molecule has 25 heavy (non-hydrogen) atoms. The maximum atomic E-state index is 12.2. The van der Waals surface area contributed by atoms with Crippen LogP contribution in [-0.4, -0.2) is 30.6 Å². The first-order valence-corrected chi connectivity index (χ1v) is 9.53. The summed E-state index contributed by atoms with van der Waals surface area (Å²) in [6.45, 7) is 17.2. The minimum absolute atomic E-state index is 0.126. The molecule has 0 aromatic carbocycles. The zero-order chi connectivity index (χ0) is 18.9. The normalized spacial score (nSPS) is 35.3. The van der Waals surface area contributed by atoms with Crippen molar-refractivity contribution in [2.24, 2.45) is 17.3 Å². The highest BCUT2D eigenvalue weighted by Gasteiger charge is 2.52. The fourth-order valence-corrected chi connectivity index (χ4v) is 4.69. The van der Waals surface area contributed by atoms with Crippen molar-refractivity contribution in [3.63, 3.8) is 0 Å². The molecule has 0 spiro atoms. The van der Waals surface area contributed by atoms with Crippen molar-refractivity contribution < 1.29 is 19.0 Å². The van der Waals surface area contributed by atoms with Gasteiger partial charge in [-0.25, -0.2) is 4.79 Å². The third kappa shape index (κ3) is 5.82. The molecule has 2 fully saturated rings. The number of rotatable bonds is 6. The first-order valence-electron chi connectivity index (χ1n) is 9.53. The second-order valence-electron chi connectivity index (χ2n) is 9.97. The summed E-state index contributed by atoms with van der Waals surface area (Å²) in [6.07, 6.45) is 4.76. The summed E-state index contributed by atoms with van der Waals surface area (Å²) >= 11 is 0.